The summed E-state index contributed by atoms with van der Waals surface area (Å²) in [5.41, 5.74) is 0.396. The van der Waals surface area contributed by atoms with Crippen molar-refractivity contribution in [3.8, 4) is 0 Å². The van der Waals surface area contributed by atoms with Gasteiger partial charge in [0, 0.05) is 31.8 Å². The number of hydrogen-bond acceptors (Lipinski definition) is 3. The molecule has 1 fully saturated rings. The van der Waals surface area contributed by atoms with Crippen molar-refractivity contribution in [1.29, 1.82) is 0 Å². The molecule has 1 N–H and O–H groups in total. The highest BCUT2D eigenvalue weighted by atomic mass is 16.2. The average Bonchev–Trinajstić information content (AvgIpc) is 2.87. The number of carbonyl (C=O) groups excluding carboxylic acids is 3. The first-order chi connectivity index (χ1) is 12.6. The molecule has 1 atom stereocenters. The molecule has 0 saturated carbocycles. The smallest absolute Gasteiger partial charge is 0.233 e. The minimum atomic E-state index is -0.219. The van der Waals surface area contributed by atoms with Crippen LogP contribution in [-0.4, -0.2) is 35.7 Å². The van der Waals surface area contributed by atoms with E-state index in [-0.39, 0.29) is 48.9 Å². The first-order valence-corrected chi connectivity index (χ1v) is 10.7. The zero-order valence-corrected chi connectivity index (χ0v) is 18.7. The number of nitrogens with zero attached hydrogens (tertiary/aromatic N) is 1. The molecule has 5 nitrogen and oxygen atoms in total. The van der Waals surface area contributed by atoms with Gasteiger partial charge in [-0.2, -0.15) is 0 Å². The zero-order chi connectivity index (χ0) is 21.0. The summed E-state index contributed by atoms with van der Waals surface area (Å²) in [6.45, 7) is 15.6. The maximum absolute atomic E-state index is 12.2. The molecule has 1 heterocycles. The van der Waals surface area contributed by atoms with Crippen molar-refractivity contribution < 1.29 is 14.4 Å². The van der Waals surface area contributed by atoms with E-state index >= 15 is 0 Å². The first kappa shape index (κ1) is 25.6. The van der Waals surface area contributed by atoms with E-state index in [9.17, 15) is 14.4 Å². The van der Waals surface area contributed by atoms with Crippen molar-refractivity contribution in [1.82, 2.24) is 10.2 Å². The number of carbonyl (C=O) groups is 3. The molecule has 0 radical (unpaired) electrons. The molecule has 0 aromatic carbocycles. The number of hydrogen-bond donors (Lipinski definition) is 1. The monoisotopic (exact) mass is 382 g/mol. The fraction of sp³-hybridized carbons (Fsp3) is 0.864. The topological polar surface area (TPSA) is 66.5 Å². The lowest BCUT2D eigenvalue weighted by Crippen LogP contribution is -2.35. The van der Waals surface area contributed by atoms with Gasteiger partial charge in [0.05, 0.1) is 0 Å². The minimum absolute atomic E-state index is 0.0803. The van der Waals surface area contributed by atoms with Crippen molar-refractivity contribution in [3.63, 3.8) is 0 Å². The lowest BCUT2D eigenvalue weighted by atomic mass is 9.89. The Morgan fingerprint density at radius 3 is 2.22 bits per heavy atom. The molecule has 0 aliphatic carbocycles. The molecule has 3 amide bonds. The summed E-state index contributed by atoms with van der Waals surface area (Å²) in [4.78, 5) is 37.2. The second kappa shape index (κ2) is 12.9. The van der Waals surface area contributed by atoms with E-state index in [2.05, 4.69) is 26.1 Å². The van der Waals surface area contributed by atoms with Crippen LogP contribution in [0.25, 0.3) is 0 Å². The van der Waals surface area contributed by atoms with Crippen molar-refractivity contribution in [2.75, 3.05) is 13.1 Å². The summed E-state index contributed by atoms with van der Waals surface area (Å²) >= 11 is 0. The molecule has 1 unspecified atom stereocenters. The molecule has 1 aliphatic heterocycles. The van der Waals surface area contributed by atoms with Crippen LogP contribution in [-0.2, 0) is 14.4 Å². The predicted molar refractivity (Wildman–Crippen MR) is 111 cm³/mol. The van der Waals surface area contributed by atoms with Gasteiger partial charge in [0.2, 0.25) is 17.7 Å². The fourth-order valence-electron chi connectivity index (χ4n) is 3.13. The molecule has 1 aliphatic rings. The molecular formula is C22H42N2O3. The third kappa shape index (κ3) is 10.5. The van der Waals surface area contributed by atoms with Crippen molar-refractivity contribution >= 4 is 17.7 Å². The molecule has 1 rings (SSSR count). The van der Waals surface area contributed by atoms with E-state index in [1.165, 1.54) is 24.2 Å². The standard InChI is InChI=1S/C20H36N2O3.C2H6/c1-15(2)16-14-18(24)22(19(16)25)13-10-17(23)21-12-9-7-6-8-11-20(3,4)5;1-2/h15-16H,6-14H2,1-5H3,(H,21,23);1-2H3. The summed E-state index contributed by atoms with van der Waals surface area (Å²) in [5.74, 6) is -0.400. The Morgan fingerprint density at radius 2 is 1.70 bits per heavy atom. The summed E-state index contributed by atoms with van der Waals surface area (Å²) in [6.07, 6.45) is 6.24. The lowest BCUT2D eigenvalue weighted by Gasteiger charge is -2.17. The highest BCUT2D eigenvalue weighted by molar-refractivity contribution is 6.03. The number of imide groups is 1. The van der Waals surface area contributed by atoms with Crippen LogP contribution in [0.5, 0.6) is 0 Å². The van der Waals surface area contributed by atoms with Gasteiger partial charge in [-0.25, -0.2) is 0 Å². The Morgan fingerprint density at radius 1 is 1.11 bits per heavy atom. The van der Waals surface area contributed by atoms with Crippen molar-refractivity contribution in [2.24, 2.45) is 17.3 Å². The van der Waals surface area contributed by atoms with E-state index < -0.39 is 0 Å². The van der Waals surface area contributed by atoms with Gasteiger partial charge in [-0.05, 0) is 24.2 Å². The summed E-state index contributed by atoms with van der Waals surface area (Å²) in [5, 5.41) is 2.89. The Hall–Kier alpha value is -1.39. The van der Waals surface area contributed by atoms with Crippen LogP contribution >= 0.6 is 0 Å². The van der Waals surface area contributed by atoms with Gasteiger partial charge in [0.25, 0.3) is 0 Å². The maximum Gasteiger partial charge on any atom is 0.233 e. The molecule has 5 heteroatoms. The van der Waals surface area contributed by atoms with Gasteiger partial charge in [-0.1, -0.05) is 67.7 Å². The van der Waals surface area contributed by atoms with E-state index in [1.54, 1.807) is 0 Å². The van der Waals surface area contributed by atoms with Crippen LogP contribution in [0.15, 0.2) is 0 Å². The minimum Gasteiger partial charge on any atom is -0.356 e. The molecule has 0 aromatic heterocycles. The normalized spacial score (nSPS) is 17.2. The number of likely N-dealkylation sites (tertiary alicyclic amines) is 1. The van der Waals surface area contributed by atoms with Gasteiger partial charge in [0.15, 0.2) is 0 Å². The highest BCUT2D eigenvalue weighted by Crippen LogP contribution is 2.26. The third-order valence-electron chi connectivity index (χ3n) is 4.82. The Kier molecular flexibility index (Phi) is 12.2. The number of rotatable bonds is 10. The van der Waals surface area contributed by atoms with Gasteiger partial charge in [-0.3, -0.25) is 19.3 Å². The largest absolute Gasteiger partial charge is 0.356 e. The van der Waals surface area contributed by atoms with E-state index in [1.807, 2.05) is 27.7 Å². The Labute approximate surface area is 166 Å². The quantitative estimate of drug-likeness (QED) is 0.445. The molecule has 0 spiro atoms. The average molecular weight is 383 g/mol. The van der Waals surface area contributed by atoms with Crippen LogP contribution in [0.1, 0.15) is 93.4 Å². The Balaban J connectivity index is 0.00000326. The van der Waals surface area contributed by atoms with Gasteiger partial charge >= 0.3 is 0 Å². The van der Waals surface area contributed by atoms with Gasteiger partial charge in [0.1, 0.15) is 0 Å². The molecular weight excluding hydrogens is 340 g/mol. The molecule has 0 bridgehead atoms. The van der Waals surface area contributed by atoms with Gasteiger partial charge < -0.3 is 5.32 Å². The van der Waals surface area contributed by atoms with E-state index in [0.717, 1.165) is 12.8 Å². The Bertz CT molecular complexity index is 467. The van der Waals surface area contributed by atoms with Crippen LogP contribution in [0.3, 0.4) is 0 Å². The molecule has 0 aromatic rings. The summed E-state index contributed by atoms with van der Waals surface area (Å²) in [6, 6.07) is 0. The second-order valence-corrected chi connectivity index (χ2v) is 8.76. The van der Waals surface area contributed by atoms with Crippen LogP contribution in [0, 0.1) is 17.3 Å². The van der Waals surface area contributed by atoms with Crippen molar-refractivity contribution in [2.45, 2.75) is 93.4 Å². The zero-order valence-electron chi connectivity index (χ0n) is 18.7. The predicted octanol–water partition coefficient (Wildman–Crippen LogP) is 4.55. The molecule has 27 heavy (non-hydrogen) atoms. The summed E-state index contributed by atoms with van der Waals surface area (Å²) in [7, 11) is 0. The molecule has 158 valence electrons. The lowest BCUT2D eigenvalue weighted by molar-refractivity contribution is -0.140. The van der Waals surface area contributed by atoms with E-state index in [0.29, 0.717) is 12.0 Å². The first-order valence-electron chi connectivity index (χ1n) is 10.7. The second-order valence-electron chi connectivity index (χ2n) is 8.76. The van der Waals surface area contributed by atoms with Crippen molar-refractivity contribution in [3.05, 3.63) is 0 Å². The SMILES string of the molecule is CC.CC(C)C1CC(=O)N(CCC(=O)NCCCCCCC(C)(C)C)C1=O. The van der Waals surface area contributed by atoms with Crippen LogP contribution < -0.4 is 5.32 Å². The summed E-state index contributed by atoms with van der Waals surface area (Å²) < 4.78 is 0. The molecule has 1 saturated heterocycles. The third-order valence-corrected chi connectivity index (χ3v) is 4.82. The number of unbranched alkanes of at least 4 members (excludes halogenated alkanes) is 3. The van der Waals surface area contributed by atoms with E-state index in [4.69, 9.17) is 0 Å². The highest BCUT2D eigenvalue weighted by Gasteiger charge is 2.39. The van der Waals surface area contributed by atoms with Gasteiger partial charge in [-0.15, -0.1) is 0 Å². The fourth-order valence-corrected chi connectivity index (χ4v) is 3.13. The number of nitrogens with one attached hydrogen (secondary N) is 1. The maximum atomic E-state index is 12.2. The number of amides is 3. The van der Waals surface area contributed by atoms with Crippen LogP contribution in [0.4, 0.5) is 0 Å². The van der Waals surface area contributed by atoms with Crippen LogP contribution in [0.2, 0.25) is 0 Å².